The van der Waals surface area contributed by atoms with E-state index in [9.17, 15) is 71.9 Å². The Hall–Kier alpha value is -8.72. The molecule has 16 amide bonds. The minimum absolute atomic E-state index is 0.0406. The van der Waals surface area contributed by atoms with Crippen molar-refractivity contribution in [1.29, 1.82) is 0 Å². The minimum atomic E-state index is -1.31. The summed E-state index contributed by atoms with van der Waals surface area (Å²) in [6, 6.07) is -17.9. The zero-order valence-electron chi connectivity index (χ0n) is 78.8. The molecular formula is C88H166N22O16. The third-order valence-corrected chi connectivity index (χ3v) is 21.5. The van der Waals surface area contributed by atoms with Gasteiger partial charge in [-0.15, -0.1) is 0 Å². The minimum Gasteiger partial charge on any atom is -0.368 e. The lowest BCUT2D eigenvalue weighted by atomic mass is 9.98. The lowest BCUT2D eigenvalue weighted by molar-refractivity contribution is -0.143. The molecule has 0 bridgehead atoms. The van der Waals surface area contributed by atoms with Crippen molar-refractivity contribution in [3.63, 3.8) is 0 Å². The van der Waals surface area contributed by atoms with Gasteiger partial charge in [-0.1, -0.05) is 96.9 Å². The van der Waals surface area contributed by atoms with E-state index in [-0.39, 0.29) is 157 Å². The lowest BCUT2D eigenvalue weighted by Crippen LogP contribution is -2.61. The quantitative estimate of drug-likeness (QED) is 0.0366. The average molecular weight is 1790 g/mol. The highest BCUT2D eigenvalue weighted by molar-refractivity contribution is 6.01. The molecule has 724 valence electrons. The highest BCUT2D eigenvalue weighted by atomic mass is 16.2. The molecule has 0 saturated carbocycles. The molecule has 1 aliphatic rings. The Morgan fingerprint density at radius 1 is 0.262 bits per heavy atom. The summed E-state index contributed by atoms with van der Waals surface area (Å²) in [6.45, 7) is 30.3. The number of nitrogens with two attached hydrogens (primary N) is 7. The fourth-order valence-electron chi connectivity index (χ4n) is 14.9. The van der Waals surface area contributed by atoms with Gasteiger partial charge in [0.2, 0.25) is 94.5 Å². The first-order valence-corrected chi connectivity index (χ1v) is 46.4. The maximum Gasteiger partial charge on any atom is 0.245 e. The summed E-state index contributed by atoms with van der Waals surface area (Å²) in [5, 5.41) is 39.0. The standard InChI is InChI=1S/C88H166N22O16/c1-51(2)44-66(106-85(123)70(48-55(9)10)104-78(116)63(33-20-26-40-92)99-76(114)61(97-59(16)111)31-18-24-38-90)80(118)96-58(15)75(113)103-67(45-52(3)4)84(122)108-69(47-54(7)8)82(120)100-62(32-19-25-39-91)77(115)102-65(35-22-28-42-94)88(126)110-43-29-36-73(110)87(125)109-72(50-57(13)14)83(121)101-64(34-21-27-41-93)79(117)105-71(49-56(11)12)86(124)107-68(46-53(5)6)81(119)98-60(74(95)112)30-17-23-37-89/h51-58,60-73H,17-50,89-94H2,1-16H3,(H2,95,112)(H,96,118)(H,97,111)(H,98,119)(H,99,114)(H,100,120)(H,101,121)(H,102,115)(H,103,113)(H,104,116)(H,105,117)(H,106,123)(H,107,124)(H,108,122)(H,109,125)/t58-,60-,61-,62-,63-,64-,65-,66-,67-,68-,69-,70-,71-,72-,73-/m0/s1. The molecule has 0 aromatic heterocycles. The lowest BCUT2D eigenvalue weighted by Gasteiger charge is -2.32. The van der Waals surface area contributed by atoms with Crippen LogP contribution in [0.5, 0.6) is 0 Å². The van der Waals surface area contributed by atoms with Gasteiger partial charge in [-0.2, -0.15) is 0 Å². The molecule has 0 aromatic rings. The molecule has 1 fully saturated rings. The van der Waals surface area contributed by atoms with Crippen molar-refractivity contribution < 1.29 is 76.7 Å². The van der Waals surface area contributed by atoms with Crippen LogP contribution in [0, 0.1) is 41.4 Å². The number of hydrogen-bond acceptors (Lipinski definition) is 22. The van der Waals surface area contributed by atoms with Gasteiger partial charge in [0.1, 0.15) is 90.6 Å². The third-order valence-electron chi connectivity index (χ3n) is 21.5. The maximum atomic E-state index is 15.1. The van der Waals surface area contributed by atoms with Crippen LogP contribution in [0.15, 0.2) is 0 Å². The van der Waals surface area contributed by atoms with E-state index < -0.39 is 185 Å². The van der Waals surface area contributed by atoms with E-state index in [1.54, 1.807) is 0 Å². The van der Waals surface area contributed by atoms with Crippen molar-refractivity contribution in [3.05, 3.63) is 0 Å². The fraction of sp³-hybridized carbons (Fsp3) is 0.818. The van der Waals surface area contributed by atoms with Crippen LogP contribution in [0.3, 0.4) is 0 Å². The number of primary amides is 1. The summed E-state index contributed by atoms with van der Waals surface area (Å²) in [6.07, 6.45) is 7.80. The number of carbonyl (C=O) groups excluding carboxylic acids is 16. The molecule has 1 saturated heterocycles. The van der Waals surface area contributed by atoms with Gasteiger partial charge in [-0.3, -0.25) is 76.7 Å². The maximum absolute atomic E-state index is 15.1. The van der Waals surface area contributed by atoms with Gasteiger partial charge in [0.15, 0.2) is 0 Å². The Labute approximate surface area is 749 Å². The summed E-state index contributed by atoms with van der Waals surface area (Å²) in [5.74, 6) is -12.2. The van der Waals surface area contributed by atoms with Gasteiger partial charge in [-0.25, -0.2) is 0 Å². The van der Waals surface area contributed by atoms with Gasteiger partial charge >= 0.3 is 0 Å². The third kappa shape index (κ3) is 46.8. The van der Waals surface area contributed by atoms with Crippen LogP contribution in [0.25, 0.3) is 0 Å². The second kappa shape index (κ2) is 63.3. The molecule has 0 spiro atoms. The van der Waals surface area contributed by atoms with E-state index in [2.05, 4.69) is 74.4 Å². The van der Waals surface area contributed by atoms with Crippen molar-refractivity contribution in [3.8, 4) is 0 Å². The topological polar surface area (TPSA) is 627 Å². The first kappa shape index (κ1) is 115. The van der Waals surface area contributed by atoms with E-state index in [4.69, 9.17) is 40.1 Å². The number of unbranched alkanes of at least 4 members (excludes halogenated alkanes) is 6. The van der Waals surface area contributed by atoms with Crippen molar-refractivity contribution in [2.75, 3.05) is 45.8 Å². The Kier molecular flexibility index (Phi) is 57.9. The molecule has 28 N–H and O–H groups in total. The van der Waals surface area contributed by atoms with Crippen molar-refractivity contribution in [2.24, 2.45) is 81.6 Å². The summed E-state index contributed by atoms with van der Waals surface area (Å²) >= 11 is 0. The fourth-order valence-corrected chi connectivity index (χ4v) is 14.9. The number of nitrogens with zero attached hydrogens (tertiary/aromatic N) is 1. The van der Waals surface area contributed by atoms with Gasteiger partial charge < -0.3 is 119 Å². The highest BCUT2D eigenvalue weighted by Crippen LogP contribution is 2.23. The molecule has 1 aliphatic heterocycles. The Morgan fingerprint density at radius 2 is 0.468 bits per heavy atom. The van der Waals surface area contributed by atoms with Crippen LogP contribution in [0.4, 0.5) is 0 Å². The summed E-state index contributed by atoms with van der Waals surface area (Å²) in [5.41, 5.74) is 40.6. The van der Waals surface area contributed by atoms with E-state index in [0.717, 1.165) is 0 Å². The zero-order chi connectivity index (χ0) is 95.5. The zero-order valence-corrected chi connectivity index (χ0v) is 78.8. The number of hydrogen-bond donors (Lipinski definition) is 21. The summed E-state index contributed by atoms with van der Waals surface area (Å²) < 4.78 is 0. The Morgan fingerprint density at radius 3 is 0.722 bits per heavy atom. The van der Waals surface area contributed by atoms with E-state index >= 15 is 4.79 Å². The Bertz CT molecular complexity index is 3370. The van der Waals surface area contributed by atoms with Crippen LogP contribution < -0.4 is 115 Å². The largest absolute Gasteiger partial charge is 0.368 e. The van der Waals surface area contributed by atoms with E-state index in [0.29, 0.717) is 103 Å². The Balaban J connectivity index is 3.65. The number of rotatable bonds is 67. The molecular weight excluding hydrogens is 1620 g/mol. The first-order chi connectivity index (χ1) is 59.4. The highest BCUT2D eigenvalue weighted by Gasteiger charge is 2.42. The SMILES string of the molecule is CC(=O)N[C@@H](CCCCN)C(=O)N[C@@H](CCCCN)C(=O)N[C@@H](CC(C)C)C(=O)N[C@@H](CC(C)C)C(=O)N[C@@H](C)C(=O)N[C@@H](CC(C)C)C(=O)N[C@@H](CC(C)C)C(=O)N[C@@H](CCCCN)C(=O)N[C@@H](CCCCN)C(=O)N1CCC[C@H]1C(=O)N[C@@H](CC(C)C)C(=O)N[C@@H](CCCCN)C(=O)N[C@@H](CC(C)C)C(=O)N[C@@H](CC(C)C)C(=O)N[C@@H](CCCCN)C(N)=O. The monoisotopic (exact) mass is 1790 g/mol. The van der Waals surface area contributed by atoms with Gasteiger partial charge in [0, 0.05) is 13.5 Å². The molecule has 0 aliphatic carbocycles. The number of amides is 16. The average Bonchev–Trinajstić information content (AvgIpc) is 1.65. The van der Waals surface area contributed by atoms with Crippen LogP contribution >= 0.6 is 0 Å². The molecule has 0 aromatic carbocycles. The van der Waals surface area contributed by atoms with Crippen LogP contribution in [0.2, 0.25) is 0 Å². The molecule has 126 heavy (non-hydrogen) atoms. The summed E-state index contributed by atoms with van der Waals surface area (Å²) in [7, 11) is 0. The second-order valence-electron chi connectivity index (χ2n) is 36.9. The molecule has 1 rings (SSSR count). The molecule has 38 heteroatoms. The summed E-state index contributed by atoms with van der Waals surface area (Å²) in [4.78, 5) is 228. The van der Waals surface area contributed by atoms with E-state index in [1.807, 2.05) is 96.9 Å². The molecule has 38 nitrogen and oxygen atoms in total. The van der Waals surface area contributed by atoms with Crippen molar-refractivity contribution >= 4 is 94.5 Å². The smallest absolute Gasteiger partial charge is 0.245 e. The normalized spacial score (nSPS) is 16.1. The molecule has 15 atom stereocenters. The number of carbonyl (C=O) groups is 16. The second-order valence-corrected chi connectivity index (χ2v) is 36.9. The van der Waals surface area contributed by atoms with Crippen LogP contribution in [-0.2, 0) is 76.7 Å². The van der Waals surface area contributed by atoms with Crippen molar-refractivity contribution in [1.82, 2.24) is 79.3 Å². The predicted molar refractivity (Wildman–Crippen MR) is 486 cm³/mol. The molecule has 0 unspecified atom stereocenters. The van der Waals surface area contributed by atoms with Gasteiger partial charge in [-0.05, 0) is 261 Å². The number of nitrogens with one attached hydrogen (secondary N) is 14. The van der Waals surface area contributed by atoms with Crippen LogP contribution in [0.1, 0.15) is 284 Å². The predicted octanol–water partition coefficient (Wildman–Crippen LogP) is 0.386. The number of likely N-dealkylation sites (tertiary alicyclic amines) is 1. The van der Waals surface area contributed by atoms with Crippen molar-refractivity contribution in [2.45, 2.75) is 375 Å². The first-order valence-electron chi connectivity index (χ1n) is 46.4. The molecule has 1 heterocycles. The van der Waals surface area contributed by atoms with Crippen LogP contribution in [-0.4, -0.2) is 236 Å². The van der Waals surface area contributed by atoms with E-state index in [1.165, 1.54) is 18.7 Å². The van der Waals surface area contributed by atoms with Gasteiger partial charge in [0.25, 0.3) is 0 Å². The van der Waals surface area contributed by atoms with Gasteiger partial charge in [0.05, 0.1) is 0 Å². The molecule has 0 radical (unpaired) electrons.